The van der Waals surface area contributed by atoms with Gasteiger partial charge in [0, 0.05) is 72.2 Å². The zero-order chi connectivity index (χ0) is 50.3. The summed E-state index contributed by atoms with van der Waals surface area (Å²) in [4.78, 5) is 9.65. The third kappa shape index (κ3) is 9.42. The number of nitrogens with zero attached hydrogens (tertiary/aromatic N) is 4. The van der Waals surface area contributed by atoms with Gasteiger partial charge in [0.15, 0.2) is 0 Å². The van der Waals surface area contributed by atoms with E-state index in [2.05, 4.69) is 269 Å². The van der Waals surface area contributed by atoms with Gasteiger partial charge in [-0.1, -0.05) is 180 Å². The molecule has 0 fully saturated rings. The molecular formula is C66H67N4OPt-3. The first-order valence-electron chi connectivity index (χ1n) is 25.1. The van der Waals surface area contributed by atoms with E-state index >= 15 is 0 Å². The molecule has 370 valence electrons. The fourth-order valence-electron chi connectivity index (χ4n) is 9.98. The molecule has 3 heterocycles. The second kappa shape index (κ2) is 18.6. The number of rotatable bonds is 9. The number of aromatic nitrogens is 2. The number of anilines is 4. The summed E-state index contributed by atoms with van der Waals surface area (Å²) in [6.45, 7) is 32.0. The molecule has 0 aliphatic carbocycles. The van der Waals surface area contributed by atoms with E-state index in [-0.39, 0.29) is 48.1 Å². The molecule has 0 atom stereocenters. The van der Waals surface area contributed by atoms with Crippen LogP contribution in [0.1, 0.15) is 129 Å². The maximum Gasteiger partial charge on any atom is 0.135 e. The summed E-state index contributed by atoms with van der Waals surface area (Å²) >= 11 is 0. The molecule has 0 spiro atoms. The smallest absolute Gasteiger partial charge is 0.135 e. The zero-order valence-electron chi connectivity index (χ0n) is 44.2. The van der Waals surface area contributed by atoms with Crippen LogP contribution in [0.4, 0.5) is 22.7 Å². The van der Waals surface area contributed by atoms with Crippen LogP contribution in [0.15, 0.2) is 164 Å². The molecule has 72 heavy (non-hydrogen) atoms. The van der Waals surface area contributed by atoms with E-state index in [1.165, 1.54) is 38.9 Å². The topological polar surface area (TPSA) is 33.5 Å². The SMILES string of the molecule is CC(C)(C)c1cc(N2[CH-]N(c3[c-]c(Oc4[c-]c5c(cc4)c4ccc(C(C)(C)C)cc4n5-c4cc(C(C)(C)c5ccccc5)ccn4)ccc3)c3ccc(C(C)(C)c4ccccc4)cc32)cc(C(C)(C)C)c1.[Pt]. The third-order valence-corrected chi connectivity index (χ3v) is 14.8. The summed E-state index contributed by atoms with van der Waals surface area (Å²) in [5.74, 6) is 2.03. The molecule has 5 nitrogen and oxygen atoms in total. The Morgan fingerprint density at radius 3 is 1.62 bits per heavy atom. The number of pyridine rings is 1. The first kappa shape index (κ1) is 50.5. The third-order valence-electron chi connectivity index (χ3n) is 14.8. The first-order valence-corrected chi connectivity index (χ1v) is 25.1. The Labute approximate surface area is 443 Å². The molecule has 0 amide bonds. The van der Waals surface area contributed by atoms with Crippen LogP contribution in [0.2, 0.25) is 0 Å². The molecule has 0 saturated carbocycles. The van der Waals surface area contributed by atoms with E-state index in [0.29, 0.717) is 11.5 Å². The van der Waals surface area contributed by atoms with Crippen molar-refractivity contribution in [3.05, 3.63) is 222 Å². The standard InChI is InChI=1S/C66H67N4O.Pt/c1-62(2,3)46-27-30-55-56-31-29-54(42-59(56)70(58(55)38-46)61-40-48(33-34-67-61)66(12,13)45-23-18-15-19-24-45)71-53-26-20-25-51(41-53)68-43-69(52-36-49(63(4,5)6)35-50(37-52)64(7,8)9)60-39-47(28-32-57(60)68)65(10,11)44-21-16-14-17-22-44;/h14-40,43H,1-13H3;/q-3;. The molecule has 1 aliphatic heterocycles. The van der Waals surface area contributed by atoms with Gasteiger partial charge in [0.05, 0.1) is 0 Å². The Hall–Kier alpha value is -6.42. The van der Waals surface area contributed by atoms with Crippen LogP contribution < -0.4 is 14.5 Å². The maximum atomic E-state index is 6.81. The number of hydrogen-bond donors (Lipinski definition) is 0. The number of hydrogen-bond acceptors (Lipinski definition) is 4. The van der Waals surface area contributed by atoms with Gasteiger partial charge in [-0.3, -0.25) is 0 Å². The van der Waals surface area contributed by atoms with E-state index in [4.69, 9.17) is 9.72 Å². The van der Waals surface area contributed by atoms with Crippen molar-refractivity contribution in [2.45, 2.75) is 117 Å². The van der Waals surface area contributed by atoms with Gasteiger partial charge >= 0.3 is 0 Å². The molecule has 10 rings (SSSR count). The van der Waals surface area contributed by atoms with Crippen LogP contribution >= 0.6 is 0 Å². The van der Waals surface area contributed by atoms with Crippen LogP contribution in [-0.2, 0) is 48.1 Å². The summed E-state index contributed by atoms with van der Waals surface area (Å²) in [7, 11) is 0. The molecule has 0 unspecified atom stereocenters. The molecule has 9 aromatic rings. The Morgan fingerprint density at radius 1 is 0.444 bits per heavy atom. The number of benzene rings is 7. The van der Waals surface area contributed by atoms with Gasteiger partial charge in [-0.25, -0.2) is 4.98 Å². The Morgan fingerprint density at radius 2 is 1.01 bits per heavy atom. The Bertz CT molecular complexity index is 3410. The molecule has 1 aliphatic rings. The summed E-state index contributed by atoms with van der Waals surface area (Å²) in [6.07, 6.45) is 1.94. The number of ether oxygens (including phenoxy) is 1. The Balaban J connectivity index is 0.00000640. The van der Waals surface area contributed by atoms with E-state index in [9.17, 15) is 0 Å². The molecule has 6 heteroatoms. The van der Waals surface area contributed by atoms with Gasteiger partial charge in [0.1, 0.15) is 5.82 Å². The minimum absolute atomic E-state index is 0. The van der Waals surface area contributed by atoms with Crippen molar-refractivity contribution in [1.29, 1.82) is 0 Å². The van der Waals surface area contributed by atoms with Crippen molar-refractivity contribution in [3.8, 4) is 17.3 Å². The summed E-state index contributed by atoms with van der Waals surface area (Å²) in [5.41, 5.74) is 14.4. The van der Waals surface area contributed by atoms with Gasteiger partial charge < -0.3 is 19.1 Å². The van der Waals surface area contributed by atoms with Gasteiger partial charge in [0.25, 0.3) is 0 Å². The van der Waals surface area contributed by atoms with Crippen LogP contribution in [0, 0.1) is 18.8 Å². The largest absolute Gasteiger partial charge is 0.509 e. The van der Waals surface area contributed by atoms with Crippen molar-refractivity contribution in [2.24, 2.45) is 0 Å². The van der Waals surface area contributed by atoms with Gasteiger partial charge in [-0.05, 0) is 103 Å². The molecule has 0 saturated heterocycles. The second-order valence-electron chi connectivity index (χ2n) is 23.6. The van der Waals surface area contributed by atoms with Crippen molar-refractivity contribution >= 4 is 44.6 Å². The Kier molecular flexibility index (Phi) is 13.0. The monoisotopic (exact) mass is 1130 g/mol. The average molecular weight is 1130 g/mol. The molecular weight excluding hydrogens is 1060 g/mol. The van der Waals surface area contributed by atoms with Crippen molar-refractivity contribution in [3.63, 3.8) is 0 Å². The second-order valence-corrected chi connectivity index (χ2v) is 23.6. The van der Waals surface area contributed by atoms with E-state index in [1.807, 2.05) is 18.3 Å². The molecule has 0 radical (unpaired) electrons. The minimum atomic E-state index is -0.246. The van der Waals surface area contributed by atoms with Gasteiger partial charge in [0.2, 0.25) is 0 Å². The minimum Gasteiger partial charge on any atom is -0.509 e. The van der Waals surface area contributed by atoms with Crippen LogP contribution in [-0.4, -0.2) is 9.55 Å². The summed E-state index contributed by atoms with van der Waals surface area (Å²) < 4.78 is 9.07. The summed E-state index contributed by atoms with van der Waals surface area (Å²) in [6, 6.07) is 64.5. The van der Waals surface area contributed by atoms with Crippen LogP contribution in [0.5, 0.6) is 11.5 Å². The van der Waals surface area contributed by atoms with E-state index < -0.39 is 0 Å². The van der Waals surface area contributed by atoms with Gasteiger partial charge in [-0.2, -0.15) is 12.1 Å². The van der Waals surface area contributed by atoms with E-state index in [1.54, 1.807) is 0 Å². The molecule has 2 aromatic heterocycles. The van der Waals surface area contributed by atoms with Gasteiger partial charge in [-0.15, -0.1) is 48.1 Å². The fourth-order valence-corrected chi connectivity index (χ4v) is 9.98. The average Bonchev–Trinajstić information content (AvgIpc) is 3.89. The zero-order valence-corrected chi connectivity index (χ0v) is 46.5. The van der Waals surface area contributed by atoms with Crippen molar-refractivity contribution < 1.29 is 25.8 Å². The number of fused-ring (bicyclic) bond motifs is 4. The van der Waals surface area contributed by atoms with Crippen LogP contribution in [0.25, 0.3) is 27.6 Å². The van der Waals surface area contributed by atoms with E-state index in [0.717, 1.165) is 50.4 Å². The van der Waals surface area contributed by atoms with Crippen molar-refractivity contribution in [1.82, 2.24) is 9.55 Å². The normalized spacial score (nSPS) is 13.4. The molecule has 7 aromatic carbocycles. The molecule has 0 N–H and O–H groups in total. The quantitative estimate of drug-likeness (QED) is 0.135. The predicted octanol–water partition coefficient (Wildman–Crippen LogP) is 17.5. The van der Waals surface area contributed by atoms with Crippen LogP contribution in [0.3, 0.4) is 0 Å². The summed E-state index contributed by atoms with van der Waals surface area (Å²) in [5, 5.41) is 2.23. The fraction of sp³-hybridized carbons (Fsp3) is 0.273. The predicted molar refractivity (Wildman–Crippen MR) is 297 cm³/mol. The molecule has 0 bridgehead atoms. The van der Waals surface area contributed by atoms with Crippen molar-refractivity contribution in [2.75, 3.05) is 9.80 Å². The first-order chi connectivity index (χ1) is 33.6. The maximum absolute atomic E-state index is 6.81.